The van der Waals surface area contributed by atoms with Crippen LogP contribution in [-0.2, 0) is 48.1 Å². The van der Waals surface area contributed by atoms with Crippen molar-refractivity contribution in [2.24, 2.45) is 14.1 Å². The molecule has 3 amide bonds. The van der Waals surface area contributed by atoms with Crippen LogP contribution in [0.3, 0.4) is 0 Å². The second-order valence-corrected chi connectivity index (χ2v) is 36.9. The molecule has 0 radical (unpaired) electrons. The summed E-state index contributed by atoms with van der Waals surface area (Å²) < 4.78 is 34.3. The highest BCUT2D eigenvalue weighted by Gasteiger charge is 2.34. The van der Waals surface area contributed by atoms with Crippen LogP contribution in [0.4, 0.5) is 57.7 Å². The first-order valence-corrected chi connectivity index (χ1v) is 47.3. The number of hydrogen-bond acceptors (Lipinski definition) is 23. The standard InChI is InChI=1S/C34H37N9O3.C34H36N8O3.C33H35N9O3/c1-22(2)39-14-10-25(11-15-39)40-16-9-23-17-24(19-35-31(23)40)37-34-36-20-27-32(38-34)43-26-7-8-29-28(18-26)41(30(44)21-46-29)12-5-3-4-6-13-42(43)33(27)45;1-38-15-11-22(12-16-38)27-20-39(2)28-17-23(7-9-25(27)28)36-34-35-19-26-32(37-34)42-24-8-10-30-29(18-24)40(31(43)21-45-30)13-5-3-4-6-14-41(42)33(26)44;1-37-13-15-39(16-14-37)28-20-38(2)26-17-22(7-9-24(26)28)35-33-34-19-25-31(36-33)42-23-8-10-29-27(18-23)40(30(43)21-45-29)11-5-3-4-6-12-41(42)32(25)44/h4,6-9,16-20,22,25H,3,5,10-15,21H2,1-2H3,(H,36,37,38);4,6-10,17-20,22H,3,5,11-16,21H2,1-2H3,(H,35,36,37);4,6-10,17-20H,3,5,11-16,21H2,1-2H3,(H,34,35,36). The molecule has 0 unspecified atom stereocenters. The summed E-state index contributed by atoms with van der Waals surface area (Å²) in [5, 5.41) is 14.9. The zero-order valence-corrected chi connectivity index (χ0v) is 77.1. The Balaban J connectivity index is 0.000000118. The number of rotatable bonds is 10. The third kappa shape index (κ3) is 16.3. The lowest BCUT2D eigenvalue weighted by Gasteiger charge is -2.35. The van der Waals surface area contributed by atoms with E-state index in [2.05, 4.69) is 186 Å². The first kappa shape index (κ1) is 86.4. The van der Waals surface area contributed by atoms with Crippen LogP contribution in [0.15, 0.2) is 197 Å². The summed E-state index contributed by atoms with van der Waals surface area (Å²) in [6.07, 6.45) is 34.8. The van der Waals surface area contributed by atoms with Crippen LogP contribution in [0, 0.1) is 0 Å². The summed E-state index contributed by atoms with van der Waals surface area (Å²) in [6.45, 7) is 16.1. The summed E-state index contributed by atoms with van der Waals surface area (Å²) in [6, 6.07) is 34.9. The lowest BCUT2D eigenvalue weighted by Crippen LogP contribution is -2.44. The summed E-state index contributed by atoms with van der Waals surface area (Å²) >= 11 is 0. The second kappa shape index (κ2) is 36.1. The minimum absolute atomic E-state index is 0.0184. The molecule has 9 aliphatic heterocycles. The van der Waals surface area contributed by atoms with Gasteiger partial charge in [0.15, 0.2) is 36.8 Å². The number of likely N-dealkylation sites (N-methyl/N-ethyl adjacent to an activating group) is 1. The number of fused-ring (bicyclic) bond motifs is 18. The summed E-state index contributed by atoms with van der Waals surface area (Å²) in [5.41, 5.74) is 13.5. The molecule has 136 heavy (non-hydrogen) atoms. The highest BCUT2D eigenvalue weighted by atomic mass is 16.5. The van der Waals surface area contributed by atoms with Crippen LogP contribution >= 0.6 is 0 Å². The number of piperazine rings is 1. The topological polar surface area (TPSA) is 323 Å². The van der Waals surface area contributed by atoms with Gasteiger partial charge >= 0.3 is 0 Å². The SMILES string of the molecule is CC(C)N1CCC(n2ccc3cc(Nc4ncc5c(=O)n6n(c5n4)-c4ccc5c(c4)N(CCCC=CC6)C(=O)CO5)cnc32)CC1.CN1CCC(c2cn(C)c3cc(Nc4ncc5c(=O)n6n(c5n4)-c4ccc5c(c4)N(CCCC=CC6)C(=O)CO5)ccc23)CC1.CN1CCN(c2cn(C)c3cc(Nc4ncc5c(=O)n6n(c5n4)-c4ccc5c(c4)N(CCCC=CC6)C(=O)CO5)ccc23)CC1. The van der Waals surface area contributed by atoms with Crippen LogP contribution < -0.4 is 66.4 Å². The monoisotopic (exact) mass is 1830 g/mol. The molecule has 35 nitrogen and oxygen atoms in total. The van der Waals surface area contributed by atoms with E-state index in [4.69, 9.17) is 34.1 Å². The number of amides is 3. The number of benzene rings is 5. The Morgan fingerprint density at radius 1 is 0.390 bits per heavy atom. The highest BCUT2D eigenvalue weighted by molar-refractivity contribution is 6.01. The molecule has 15 aromatic rings. The third-order valence-electron chi connectivity index (χ3n) is 27.9. The van der Waals surface area contributed by atoms with Gasteiger partial charge in [-0.1, -0.05) is 42.5 Å². The molecule has 19 heterocycles. The number of carbonyl (C=O) groups excluding carboxylic acids is 3. The van der Waals surface area contributed by atoms with Crippen molar-refractivity contribution in [3.8, 4) is 34.3 Å². The van der Waals surface area contributed by atoms with Crippen molar-refractivity contribution in [3.05, 3.63) is 220 Å². The Morgan fingerprint density at radius 2 is 0.824 bits per heavy atom. The Labute approximate surface area is 782 Å². The van der Waals surface area contributed by atoms with Gasteiger partial charge in [0.25, 0.3) is 34.4 Å². The number of aromatic nitrogens is 16. The van der Waals surface area contributed by atoms with Gasteiger partial charge in [-0.25, -0.2) is 48.0 Å². The van der Waals surface area contributed by atoms with Gasteiger partial charge in [-0.3, -0.25) is 28.8 Å². The van der Waals surface area contributed by atoms with Crippen LogP contribution in [-0.4, -0.2) is 221 Å². The largest absolute Gasteiger partial charge is 0.482 e. The zero-order chi connectivity index (χ0) is 92.7. The van der Waals surface area contributed by atoms with E-state index < -0.39 is 0 Å². The number of likely N-dealkylation sites (tertiary alicyclic amines) is 2. The molecule has 0 saturated carbocycles. The number of aryl methyl sites for hydroxylation is 2. The molecular formula is C101H108N26O9. The first-order chi connectivity index (χ1) is 66.3. The second-order valence-electron chi connectivity index (χ2n) is 36.9. The quantitative estimate of drug-likeness (QED) is 0.107. The van der Waals surface area contributed by atoms with Crippen molar-refractivity contribution in [1.29, 1.82) is 0 Å². The Bertz CT molecular complexity index is 7240. The van der Waals surface area contributed by atoms with Crippen molar-refractivity contribution >= 4 is 141 Å². The van der Waals surface area contributed by atoms with E-state index in [1.165, 1.54) is 34.9 Å². The number of piperidine rings is 2. The number of ether oxygens (including phenoxy) is 3. The van der Waals surface area contributed by atoms with Crippen molar-refractivity contribution in [2.45, 2.75) is 116 Å². The van der Waals surface area contributed by atoms with E-state index in [0.717, 1.165) is 149 Å². The van der Waals surface area contributed by atoms with Crippen LogP contribution in [0.25, 0.3) is 83.0 Å². The van der Waals surface area contributed by atoms with Gasteiger partial charge in [0.2, 0.25) is 17.8 Å². The highest BCUT2D eigenvalue weighted by Crippen LogP contribution is 2.42. The predicted octanol–water partition coefficient (Wildman–Crippen LogP) is 13.1. The van der Waals surface area contributed by atoms with E-state index >= 15 is 0 Å². The average molecular weight is 1830 g/mol. The molecule has 24 rings (SSSR count). The van der Waals surface area contributed by atoms with Gasteiger partial charge in [-0.15, -0.1) is 0 Å². The van der Waals surface area contributed by atoms with Gasteiger partial charge in [0.05, 0.1) is 82.4 Å². The maximum atomic E-state index is 13.7. The van der Waals surface area contributed by atoms with Gasteiger partial charge in [0.1, 0.15) is 39.1 Å². The van der Waals surface area contributed by atoms with Crippen molar-refractivity contribution in [1.82, 2.24) is 91.4 Å². The van der Waals surface area contributed by atoms with Crippen molar-refractivity contribution in [3.63, 3.8) is 0 Å². The molecule has 3 N–H and O–H groups in total. The maximum Gasteiger partial charge on any atom is 0.278 e. The molecule has 3 fully saturated rings. The van der Waals surface area contributed by atoms with Gasteiger partial charge in [0, 0.05) is 150 Å². The average Bonchev–Trinajstić information content (AvgIpc) is 1.60. The van der Waals surface area contributed by atoms with Crippen LogP contribution in [0.2, 0.25) is 0 Å². The smallest absolute Gasteiger partial charge is 0.278 e. The molecule has 10 aromatic heterocycles. The fourth-order valence-corrected chi connectivity index (χ4v) is 20.6. The number of carbonyl (C=O) groups is 3. The van der Waals surface area contributed by atoms with E-state index in [0.29, 0.717) is 154 Å². The fourth-order valence-electron chi connectivity index (χ4n) is 20.6. The Hall–Kier alpha value is -15.0. The van der Waals surface area contributed by atoms with E-state index in [-0.39, 0.29) is 54.2 Å². The molecule has 0 spiro atoms. The molecule has 696 valence electrons. The Morgan fingerprint density at radius 3 is 1.29 bits per heavy atom. The molecule has 0 aliphatic carbocycles. The minimum Gasteiger partial charge on any atom is -0.482 e. The lowest BCUT2D eigenvalue weighted by atomic mass is 9.89. The number of allylic oxidation sites excluding steroid dienone is 6. The number of nitrogens with one attached hydrogen (secondary N) is 3. The number of hydrogen-bond donors (Lipinski definition) is 3. The van der Waals surface area contributed by atoms with Crippen molar-refractivity contribution in [2.75, 3.05) is 141 Å². The first-order valence-electron chi connectivity index (χ1n) is 47.3. The molecule has 5 aromatic carbocycles. The molecule has 35 heteroatoms. The van der Waals surface area contributed by atoms with Crippen LogP contribution in [0.1, 0.15) is 95.6 Å². The maximum absolute atomic E-state index is 13.7. The van der Waals surface area contributed by atoms with Gasteiger partial charge in [-0.05, 0) is 214 Å². The Kier molecular flexibility index (Phi) is 22.9. The normalized spacial score (nSPS) is 17.5. The van der Waals surface area contributed by atoms with E-state index in [9.17, 15) is 28.8 Å². The van der Waals surface area contributed by atoms with Crippen LogP contribution in [0.5, 0.6) is 17.2 Å². The molecular weight excluding hydrogens is 1720 g/mol. The summed E-state index contributed by atoms with van der Waals surface area (Å²) in [4.78, 5) is 127. The van der Waals surface area contributed by atoms with Gasteiger partial charge in [-0.2, -0.15) is 15.0 Å². The van der Waals surface area contributed by atoms with Crippen molar-refractivity contribution < 1.29 is 28.6 Å². The lowest BCUT2D eigenvalue weighted by molar-refractivity contribution is -0.122. The number of anilines is 10. The number of nitrogens with zero attached hydrogens (tertiary/aromatic N) is 23. The minimum atomic E-state index is -0.186. The zero-order valence-electron chi connectivity index (χ0n) is 77.1. The summed E-state index contributed by atoms with van der Waals surface area (Å²) in [7, 11) is 8.53. The molecule has 3 saturated heterocycles. The third-order valence-corrected chi connectivity index (χ3v) is 27.9. The number of pyridine rings is 1. The molecule has 6 bridgehead atoms. The summed E-state index contributed by atoms with van der Waals surface area (Å²) in [5.74, 6) is 3.44. The van der Waals surface area contributed by atoms with Gasteiger partial charge < -0.3 is 78.2 Å². The van der Waals surface area contributed by atoms with E-state index in [1.807, 2.05) is 94.5 Å². The van der Waals surface area contributed by atoms with E-state index in [1.54, 1.807) is 52.0 Å². The molecule has 9 aliphatic rings. The fraction of sp³-hybridized carbons (Fsp3) is 0.356. The predicted molar refractivity (Wildman–Crippen MR) is 528 cm³/mol. The molecule has 0 atom stereocenters.